The molecule has 0 aromatic carbocycles. The Bertz CT molecular complexity index is 731. The molecule has 0 spiro atoms. The van der Waals surface area contributed by atoms with Gasteiger partial charge >= 0.3 is 6.03 Å². The van der Waals surface area contributed by atoms with E-state index in [9.17, 15) is 4.79 Å². The van der Waals surface area contributed by atoms with Crippen LogP contribution in [-0.2, 0) is 6.54 Å². The maximum Gasteiger partial charge on any atom is 0.319 e. The number of rotatable bonds is 4. The standard InChI is InChI=1S/C17H20ClN5O/c1-12-4-5-13(16(21-12)23-6-2-3-7-23)9-20-17(24)22-15-8-14(18)10-19-11-15/h4-5,8,10-11H,2-3,6-7,9H2,1H3,(H2,20,22,24). The normalized spacial score (nSPS) is 13.8. The van der Waals surface area contributed by atoms with Crippen molar-refractivity contribution in [3.63, 3.8) is 0 Å². The Kier molecular flexibility index (Phi) is 5.15. The molecular weight excluding hydrogens is 326 g/mol. The minimum Gasteiger partial charge on any atom is -0.356 e. The quantitative estimate of drug-likeness (QED) is 0.891. The molecule has 2 N–H and O–H groups in total. The van der Waals surface area contributed by atoms with E-state index in [1.807, 2.05) is 19.1 Å². The van der Waals surface area contributed by atoms with Crippen LogP contribution >= 0.6 is 11.6 Å². The molecule has 1 fully saturated rings. The lowest BCUT2D eigenvalue weighted by Crippen LogP contribution is -2.30. The molecule has 0 bridgehead atoms. The molecule has 3 heterocycles. The SMILES string of the molecule is Cc1ccc(CNC(=O)Nc2cncc(Cl)c2)c(N2CCCC2)n1. The summed E-state index contributed by atoms with van der Waals surface area (Å²) < 4.78 is 0. The summed E-state index contributed by atoms with van der Waals surface area (Å²) in [5.74, 6) is 0.970. The third-order valence-electron chi connectivity index (χ3n) is 3.90. The maximum absolute atomic E-state index is 12.1. The number of aryl methyl sites for hydroxylation is 1. The van der Waals surface area contributed by atoms with E-state index in [1.54, 1.807) is 12.3 Å². The van der Waals surface area contributed by atoms with E-state index in [4.69, 9.17) is 11.6 Å². The van der Waals surface area contributed by atoms with Gasteiger partial charge in [-0.15, -0.1) is 0 Å². The predicted octanol–water partition coefficient (Wildman–Crippen LogP) is 3.36. The average molecular weight is 346 g/mol. The second-order valence-electron chi connectivity index (χ2n) is 5.83. The van der Waals surface area contributed by atoms with Crippen molar-refractivity contribution in [3.05, 3.63) is 46.9 Å². The Labute approximate surface area is 146 Å². The largest absolute Gasteiger partial charge is 0.356 e. The number of nitrogens with one attached hydrogen (secondary N) is 2. The van der Waals surface area contributed by atoms with Gasteiger partial charge in [-0.25, -0.2) is 9.78 Å². The number of hydrogen-bond donors (Lipinski definition) is 2. The van der Waals surface area contributed by atoms with E-state index in [1.165, 1.54) is 19.0 Å². The summed E-state index contributed by atoms with van der Waals surface area (Å²) in [6.07, 6.45) is 5.44. The topological polar surface area (TPSA) is 70.2 Å². The van der Waals surface area contributed by atoms with Crippen LogP contribution in [0.1, 0.15) is 24.1 Å². The highest BCUT2D eigenvalue weighted by molar-refractivity contribution is 6.30. The third-order valence-corrected chi connectivity index (χ3v) is 4.11. The molecule has 0 unspecified atom stereocenters. The number of nitrogens with zero attached hydrogens (tertiary/aromatic N) is 3. The molecule has 126 valence electrons. The van der Waals surface area contributed by atoms with Crippen LogP contribution in [0.4, 0.5) is 16.3 Å². The zero-order valence-electron chi connectivity index (χ0n) is 13.6. The number of amides is 2. The van der Waals surface area contributed by atoms with Gasteiger partial charge in [0.1, 0.15) is 5.82 Å². The second-order valence-corrected chi connectivity index (χ2v) is 6.27. The summed E-state index contributed by atoms with van der Waals surface area (Å²) in [6.45, 7) is 4.43. The highest BCUT2D eigenvalue weighted by Gasteiger charge is 2.17. The van der Waals surface area contributed by atoms with Crippen molar-refractivity contribution >= 4 is 29.1 Å². The van der Waals surface area contributed by atoms with Gasteiger partial charge in [0, 0.05) is 37.1 Å². The predicted molar refractivity (Wildman–Crippen MR) is 95.5 cm³/mol. The van der Waals surface area contributed by atoms with Gasteiger partial charge in [0.05, 0.1) is 16.9 Å². The van der Waals surface area contributed by atoms with E-state index in [2.05, 4.69) is 25.5 Å². The summed E-state index contributed by atoms with van der Waals surface area (Å²) in [7, 11) is 0. The molecule has 2 aromatic rings. The van der Waals surface area contributed by atoms with Gasteiger partial charge in [0.2, 0.25) is 0 Å². The van der Waals surface area contributed by atoms with Gasteiger partial charge < -0.3 is 15.5 Å². The molecule has 3 rings (SSSR count). The van der Waals surface area contributed by atoms with Gasteiger partial charge in [0.15, 0.2) is 0 Å². The molecule has 7 heteroatoms. The number of pyridine rings is 2. The van der Waals surface area contributed by atoms with Crippen molar-refractivity contribution in [2.45, 2.75) is 26.3 Å². The third kappa shape index (κ3) is 4.14. The molecule has 0 saturated carbocycles. The number of carbonyl (C=O) groups excluding carboxylic acids is 1. The fourth-order valence-electron chi connectivity index (χ4n) is 2.74. The first-order chi connectivity index (χ1) is 11.6. The Balaban J connectivity index is 1.64. The monoisotopic (exact) mass is 345 g/mol. The molecule has 24 heavy (non-hydrogen) atoms. The highest BCUT2D eigenvalue weighted by atomic mass is 35.5. The van der Waals surface area contributed by atoms with Crippen molar-refractivity contribution in [1.82, 2.24) is 15.3 Å². The van der Waals surface area contributed by atoms with Gasteiger partial charge in [-0.3, -0.25) is 4.98 Å². The zero-order valence-corrected chi connectivity index (χ0v) is 14.3. The van der Waals surface area contributed by atoms with Crippen LogP contribution in [0, 0.1) is 6.92 Å². The van der Waals surface area contributed by atoms with E-state index < -0.39 is 0 Å². The number of halogens is 1. The number of carbonyl (C=O) groups is 1. The zero-order chi connectivity index (χ0) is 16.9. The fraction of sp³-hybridized carbons (Fsp3) is 0.353. The fourth-order valence-corrected chi connectivity index (χ4v) is 2.92. The van der Waals surface area contributed by atoms with E-state index >= 15 is 0 Å². The van der Waals surface area contributed by atoms with Gasteiger partial charge in [-0.05, 0) is 31.9 Å². The number of anilines is 2. The summed E-state index contributed by atoms with van der Waals surface area (Å²) in [5, 5.41) is 6.06. The second kappa shape index (κ2) is 7.49. The van der Waals surface area contributed by atoms with Crippen molar-refractivity contribution < 1.29 is 4.79 Å². The Hall–Kier alpha value is -2.34. The molecule has 1 saturated heterocycles. The lowest BCUT2D eigenvalue weighted by molar-refractivity contribution is 0.251. The van der Waals surface area contributed by atoms with Crippen LogP contribution in [0.5, 0.6) is 0 Å². The summed E-state index contributed by atoms with van der Waals surface area (Å²) in [5.41, 5.74) is 2.55. The first-order valence-corrected chi connectivity index (χ1v) is 8.36. The van der Waals surface area contributed by atoms with Crippen molar-refractivity contribution in [2.24, 2.45) is 0 Å². The lowest BCUT2D eigenvalue weighted by atomic mass is 10.2. The molecule has 0 aliphatic carbocycles. The summed E-state index contributed by atoms with van der Waals surface area (Å²) >= 11 is 5.86. The Morgan fingerprint density at radius 2 is 2.08 bits per heavy atom. The van der Waals surface area contributed by atoms with E-state index in [0.717, 1.165) is 30.2 Å². The van der Waals surface area contributed by atoms with Gasteiger partial charge in [-0.2, -0.15) is 0 Å². The van der Waals surface area contributed by atoms with Crippen LogP contribution in [0.2, 0.25) is 5.02 Å². The van der Waals surface area contributed by atoms with Gasteiger partial charge in [-0.1, -0.05) is 17.7 Å². The van der Waals surface area contributed by atoms with Crippen molar-refractivity contribution in [2.75, 3.05) is 23.3 Å². The van der Waals surface area contributed by atoms with Crippen molar-refractivity contribution in [1.29, 1.82) is 0 Å². The van der Waals surface area contributed by atoms with E-state index in [-0.39, 0.29) is 6.03 Å². The van der Waals surface area contributed by atoms with Crippen molar-refractivity contribution in [3.8, 4) is 0 Å². The Morgan fingerprint density at radius 3 is 2.83 bits per heavy atom. The van der Waals surface area contributed by atoms with Gasteiger partial charge in [0.25, 0.3) is 0 Å². The van der Waals surface area contributed by atoms with E-state index in [0.29, 0.717) is 17.3 Å². The minimum atomic E-state index is -0.299. The first-order valence-electron chi connectivity index (χ1n) is 7.99. The highest BCUT2D eigenvalue weighted by Crippen LogP contribution is 2.23. The summed E-state index contributed by atoms with van der Waals surface area (Å²) in [6, 6.07) is 5.34. The molecule has 2 aromatic heterocycles. The molecule has 0 radical (unpaired) electrons. The molecule has 0 atom stereocenters. The average Bonchev–Trinajstić information content (AvgIpc) is 3.08. The van der Waals surface area contributed by atoms with Crippen LogP contribution in [0.3, 0.4) is 0 Å². The van der Waals surface area contributed by atoms with Crippen LogP contribution in [0.25, 0.3) is 0 Å². The molecule has 1 aliphatic heterocycles. The molecule has 6 nitrogen and oxygen atoms in total. The smallest absolute Gasteiger partial charge is 0.319 e. The lowest BCUT2D eigenvalue weighted by Gasteiger charge is -2.20. The van der Waals surface area contributed by atoms with Crippen LogP contribution < -0.4 is 15.5 Å². The maximum atomic E-state index is 12.1. The number of urea groups is 1. The van der Waals surface area contributed by atoms with Crippen LogP contribution in [-0.4, -0.2) is 29.1 Å². The molecule has 2 amide bonds. The number of hydrogen-bond acceptors (Lipinski definition) is 4. The minimum absolute atomic E-state index is 0.299. The molecule has 1 aliphatic rings. The Morgan fingerprint density at radius 1 is 1.29 bits per heavy atom. The summed E-state index contributed by atoms with van der Waals surface area (Å²) in [4.78, 5) is 22.9. The first kappa shape index (κ1) is 16.5. The van der Waals surface area contributed by atoms with Crippen LogP contribution in [0.15, 0.2) is 30.6 Å². The number of aromatic nitrogens is 2. The molecular formula is C17H20ClN5O.